The second-order valence-corrected chi connectivity index (χ2v) is 10.1. The zero-order valence-electron chi connectivity index (χ0n) is 19.9. The number of methoxy groups -OCH3 is 1. The largest absolute Gasteiger partial charge is 0.495 e. The molecule has 11 heteroatoms. The molecule has 0 saturated carbocycles. The van der Waals surface area contributed by atoms with E-state index >= 15 is 0 Å². The second kappa shape index (κ2) is 11.7. The average Bonchev–Trinajstić information content (AvgIpc) is 2.85. The third kappa shape index (κ3) is 7.06. The Bertz CT molecular complexity index is 1390. The van der Waals surface area contributed by atoms with Gasteiger partial charge in [0.25, 0.3) is 11.8 Å². The van der Waals surface area contributed by atoms with Crippen molar-refractivity contribution in [3.8, 4) is 5.75 Å². The summed E-state index contributed by atoms with van der Waals surface area (Å²) in [6.07, 6.45) is 0.977. The third-order valence-corrected chi connectivity index (χ3v) is 6.38. The maximum atomic E-state index is 12.6. The highest BCUT2D eigenvalue weighted by Crippen LogP contribution is 2.32. The predicted molar refractivity (Wildman–Crippen MR) is 141 cm³/mol. The molecule has 36 heavy (non-hydrogen) atoms. The van der Waals surface area contributed by atoms with Gasteiger partial charge in [0.15, 0.2) is 0 Å². The number of rotatable bonds is 9. The van der Waals surface area contributed by atoms with Crippen molar-refractivity contribution in [2.45, 2.75) is 6.92 Å². The standard InChI is InChI=1S/C25H25ClN4O5S/c1-17(19-10-7-11-21(14-19)27-25(32)18-8-5-4-6-9-18)28-29-24(31)16-30(36(3,33)34)22-15-20(26)12-13-23(22)35-2/h4-15H,16H2,1-3H3,(H,27,32)(H,29,31)/b28-17-. The zero-order valence-corrected chi connectivity index (χ0v) is 21.4. The highest BCUT2D eigenvalue weighted by Gasteiger charge is 2.24. The lowest BCUT2D eigenvalue weighted by Crippen LogP contribution is -2.39. The van der Waals surface area contributed by atoms with Crippen LogP contribution < -0.4 is 19.8 Å². The number of nitrogens with zero attached hydrogens (tertiary/aromatic N) is 2. The van der Waals surface area contributed by atoms with E-state index in [1.165, 1.54) is 19.2 Å². The van der Waals surface area contributed by atoms with Crippen molar-refractivity contribution in [1.29, 1.82) is 0 Å². The van der Waals surface area contributed by atoms with Gasteiger partial charge in [-0.1, -0.05) is 41.9 Å². The molecule has 0 aromatic heterocycles. The van der Waals surface area contributed by atoms with Crippen LogP contribution in [0.25, 0.3) is 0 Å². The molecule has 0 radical (unpaired) electrons. The SMILES string of the molecule is COc1ccc(Cl)cc1N(CC(=O)N/N=C(/C)c1cccc(NC(=O)c2ccccc2)c1)S(C)(=O)=O. The number of hydrogen-bond acceptors (Lipinski definition) is 6. The van der Waals surface area contributed by atoms with Crippen molar-refractivity contribution in [1.82, 2.24) is 5.43 Å². The predicted octanol–water partition coefficient (Wildman–Crippen LogP) is 3.91. The quantitative estimate of drug-likeness (QED) is 0.322. The van der Waals surface area contributed by atoms with Gasteiger partial charge in [-0.25, -0.2) is 13.8 Å². The van der Waals surface area contributed by atoms with Crippen LogP contribution in [0.5, 0.6) is 5.75 Å². The number of benzene rings is 3. The number of carbonyl (C=O) groups is 2. The maximum absolute atomic E-state index is 12.6. The lowest BCUT2D eigenvalue weighted by Gasteiger charge is -2.23. The number of amides is 2. The van der Waals surface area contributed by atoms with Crippen LogP contribution >= 0.6 is 11.6 Å². The molecule has 0 atom stereocenters. The van der Waals surface area contributed by atoms with Crippen LogP contribution in [-0.4, -0.2) is 45.9 Å². The molecule has 0 aliphatic carbocycles. The summed E-state index contributed by atoms with van der Waals surface area (Å²) in [7, 11) is -2.46. The molecule has 0 spiro atoms. The van der Waals surface area contributed by atoms with Crippen molar-refractivity contribution in [2.24, 2.45) is 5.10 Å². The van der Waals surface area contributed by atoms with Crippen molar-refractivity contribution >= 4 is 50.5 Å². The van der Waals surface area contributed by atoms with Gasteiger partial charge in [-0.2, -0.15) is 5.10 Å². The van der Waals surface area contributed by atoms with Crippen LogP contribution in [0.3, 0.4) is 0 Å². The Labute approximate surface area is 214 Å². The van der Waals surface area contributed by atoms with Crippen LogP contribution in [0.15, 0.2) is 77.9 Å². The van der Waals surface area contributed by atoms with Gasteiger partial charge >= 0.3 is 0 Å². The Morgan fingerprint density at radius 1 is 1.00 bits per heavy atom. The minimum atomic E-state index is -3.85. The van der Waals surface area contributed by atoms with Crippen LogP contribution in [0.2, 0.25) is 5.02 Å². The van der Waals surface area contributed by atoms with E-state index in [0.717, 1.165) is 10.6 Å². The van der Waals surface area contributed by atoms with E-state index in [1.807, 2.05) is 6.07 Å². The molecule has 0 aliphatic heterocycles. The fourth-order valence-corrected chi connectivity index (χ4v) is 4.25. The third-order valence-electron chi connectivity index (χ3n) is 5.02. The van der Waals surface area contributed by atoms with Crippen LogP contribution in [-0.2, 0) is 14.8 Å². The minimum absolute atomic E-state index is 0.130. The van der Waals surface area contributed by atoms with E-state index in [2.05, 4.69) is 15.8 Å². The summed E-state index contributed by atoms with van der Waals surface area (Å²) in [5.74, 6) is -0.685. The van der Waals surface area contributed by atoms with Crippen LogP contribution in [0, 0.1) is 0 Å². The Balaban J connectivity index is 1.73. The molecule has 2 amide bonds. The summed E-state index contributed by atoms with van der Waals surface area (Å²) < 4.78 is 30.9. The number of carbonyl (C=O) groups excluding carboxylic acids is 2. The van der Waals surface area contributed by atoms with E-state index in [1.54, 1.807) is 61.5 Å². The highest BCUT2D eigenvalue weighted by molar-refractivity contribution is 7.92. The summed E-state index contributed by atoms with van der Waals surface area (Å²) in [6.45, 7) is 1.13. The number of sulfonamides is 1. The number of nitrogens with one attached hydrogen (secondary N) is 2. The minimum Gasteiger partial charge on any atom is -0.495 e. The summed E-state index contributed by atoms with van der Waals surface area (Å²) in [4.78, 5) is 25.0. The van der Waals surface area contributed by atoms with Crippen molar-refractivity contribution in [3.05, 3.63) is 88.9 Å². The molecule has 0 aliphatic rings. The fraction of sp³-hybridized carbons (Fsp3) is 0.160. The van der Waals surface area contributed by atoms with E-state index < -0.39 is 22.5 Å². The molecular formula is C25H25ClN4O5S. The molecule has 9 nitrogen and oxygen atoms in total. The van der Waals surface area contributed by atoms with E-state index in [0.29, 0.717) is 22.5 Å². The molecular weight excluding hydrogens is 504 g/mol. The smallest absolute Gasteiger partial charge is 0.260 e. The zero-order chi connectivity index (χ0) is 26.3. The number of hydrogen-bond donors (Lipinski definition) is 2. The molecule has 3 aromatic carbocycles. The Morgan fingerprint density at radius 3 is 2.36 bits per heavy atom. The fourth-order valence-electron chi connectivity index (χ4n) is 3.23. The maximum Gasteiger partial charge on any atom is 0.260 e. The van der Waals surface area contributed by atoms with Gasteiger partial charge in [0, 0.05) is 16.3 Å². The topological polar surface area (TPSA) is 117 Å². The molecule has 3 aromatic rings. The van der Waals surface area contributed by atoms with E-state index in [9.17, 15) is 18.0 Å². The number of ether oxygens (including phenoxy) is 1. The van der Waals surface area contributed by atoms with Gasteiger partial charge in [0.2, 0.25) is 10.0 Å². The first-order chi connectivity index (χ1) is 17.1. The molecule has 0 saturated heterocycles. The Morgan fingerprint density at radius 2 is 1.69 bits per heavy atom. The lowest BCUT2D eigenvalue weighted by atomic mass is 10.1. The first kappa shape index (κ1) is 26.7. The van der Waals surface area contributed by atoms with Gasteiger partial charge in [-0.05, 0) is 55.0 Å². The van der Waals surface area contributed by atoms with Gasteiger partial charge in [0.05, 0.1) is 24.8 Å². The van der Waals surface area contributed by atoms with Gasteiger partial charge < -0.3 is 10.1 Å². The van der Waals surface area contributed by atoms with Gasteiger partial charge in [-0.15, -0.1) is 0 Å². The molecule has 0 heterocycles. The summed E-state index contributed by atoms with van der Waals surface area (Å²) in [5.41, 5.74) is 4.68. The molecule has 3 rings (SSSR count). The average molecular weight is 529 g/mol. The normalized spacial score (nSPS) is 11.5. The molecule has 0 fully saturated rings. The Hall–Kier alpha value is -3.89. The molecule has 0 unspecified atom stereocenters. The monoisotopic (exact) mass is 528 g/mol. The summed E-state index contributed by atoms with van der Waals surface area (Å²) >= 11 is 6.03. The van der Waals surface area contributed by atoms with E-state index in [-0.39, 0.29) is 22.4 Å². The molecule has 2 N–H and O–H groups in total. The number of hydrazone groups is 1. The second-order valence-electron chi connectivity index (χ2n) is 7.72. The van der Waals surface area contributed by atoms with Crippen molar-refractivity contribution in [2.75, 3.05) is 29.5 Å². The van der Waals surface area contributed by atoms with Gasteiger partial charge in [-0.3, -0.25) is 13.9 Å². The van der Waals surface area contributed by atoms with Crippen molar-refractivity contribution < 1.29 is 22.7 Å². The molecule has 0 bridgehead atoms. The number of anilines is 2. The summed E-state index contributed by atoms with van der Waals surface area (Å²) in [6, 6.07) is 20.2. The van der Waals surface area contributed by atoms with Crippen molar-refractivity contribution in [3.63, 3.8) is 0 Å². The Kier molecular flexibility index (Phi) is 8.68. The first-order valence-electron chi connectivity index (χ1n) is 10.7. The number of halogens is 1. The van der Waals surface area contributed by atoms with Gasteiger partial charge in [0.1, 0.15) is 12.3 Å². The van der Waals surface area contributed by atoms with E-state index in [4.69, 9.17) is 16.3 Å². The molecule has 188 valence electrons. The van der Waals surface area contributed by atoms with Crippen LogP contribution in [0.1, 0.15) is 22.8 Å². The highest BCUT2D eigenvalue weighted by atomic mass is 35.5. The first-order valence-corrected chi connectivity index (χ1v) is 12.9. The summed E-state index contributed by atoms with van der Waals surface area (Å²) in [5, 5.41) is 7.19. The van der Waals surface area contributed by atoms with Crippen LogP contribution in [0.4, 0.5) is 11.4 Å². The lowest BCUT2D eigenvalue weighted by molar-refractivity contribution is -0.119.